The number of hydrogen-bond donors (Lipinski definition) is 2. The second-order valence-corrected chi connectivity index (χ2v) is 7.53. The SMILES string of the molecule is CN=C(NCc1ncc(C)s1)NC1CCN(c2ccccc2OC(F)F)C1. The maximum absolute atomic E-state index is 12.6. The predicted octanol–water partition coefficient (Wildman–Crippen LogP) is 3.00. The van der Waals surface area contributed by atoms with E-state index in [1.165, 1.54) is 4.88 Å². The number of alkyl halides is 2. The van der Waals surface area contributed by atoms with E-state index in [0.29, 0.717) is 24.7 Å². The molecular weight excluding hydrogens is 372 g/mol. The molecular formula is C18H23F2N5OS. The van der Waals surface area contributed by atoms with Gasteiger partial charge in [0, 0.05) is 37.3 Å². The molecule has 1 saturated heterocycles. The summed E-state index contributed by atoms with van der Waals surface area (Å²) in [6, 6.07) is 7.05. The number of aryl methyl sites for hydroxylation is 1. The number of nitrogens with one attached hydrogen (secondary N) is 2. The quantitative estimate of drug-likeness (QED) is 0.582. The zero-order valence-electron chi connectivity index (χ0n) is 15.3. The van der Waals surface area contributed by atoms with Crippen LogP contribution in [0.3, 0.4) is 0 Å². The molecule has 0 amide bonds. The molecule has 9 heteroatoms. The van der Waals surface area contributed by atoms with E-state index in [0.717, 1.165) is 18.0 Å². The highest BCUT2D eigenvalue weighted by Gasteiger charge is 2.26. The van der Waals surface area contributed by atoms with Crippen LogP contribution < -0.4 is 20.3 Å². The van der Waals surface area contributed by atoms with Crippen LogP contribution in [-0.2, 0) is 6.54 Å². The molecule has 0 aliphatic carbocycles. The first-order valence-corrected chi connectivity index (χ1v) is 9.54. The van der Waals surface area contributed by atoms with Gasteiger partial charge in [0.05, 0.1) is 12.2 Å². The predicted molar refractivity (Wildman–Crippen MR) is 104 cm³/mol. The first-order chi connectivity index (χ1) is 13.0. The normalized spacial score (nSPS) is 17.4. The Bertz CT molecular complexity index is 783. The van der Waals surface area contributed by atoms with Crippen LogP contribution in [-0.4, -0.2) is 43.7 Å². The van der Waals surface area contributed by atoms with Crippen LogP contribution in [0.25, 0.3) is 0 Å². The number of guanidine groups is 1. The van der Waals surface area contributed by atoms with Gasteiger partial charge in [-0.2, -0.15) is 8.78 Å². The van der Waals surface area contributed by atoms with E-state index in [1.807, 2.05) is 24.1 Å². The minimum atomic E-state index is -2.83. The van der Waals surface area contributed by atoms with Gasteiger partial charge in [0.1, 0.15) is 10.8 Å². The summed E-state index contributed by atoms with van der Waals surface area (Å²) in [6.07, 6.45) is 2.73. The standard InChI is InChI=1S/C18H23F2N5OS/c1-12-9-22-16(27-12)10-23-18(21-2)24-13-7-8-25(11-13)14-5-3-4-6-15(14)26-17(19)20/h3-6,9,13,17H,7-8,10-11H2,1-2H3,(H2,21,23,24). The summed E-state index contributed by atoms with van der Waals surface area (Å²) in [4.78, 5) is 11.8. The van der Waals surface area contributed by atoms with Crippen molar-refractivity contribution in [2.45, 2.75) is 32.5 Å². The van der Waals surface area contributed by atoms with Gasteiger partial charge < -0.3 is 20.3 Å². The lowest BCUT2D eigenvalue weighted by atomic mass is 10.2. The lowest BCUT2D eigenvalue weighted by molar-refractivity contribution is -0.0495. The largest absolute Gasteiger partial charge is 0.433 e. The fourth-order valence-corrected chi connectivity index (χ4v) is 3.77. The molecule has 0 spiro atoms. The molecule has 0 saturated carbocycles. The molecule has 1 unspecified atom stereocenters. The van der Waals surface area contributed by atoms with Crippen LogP contribution in [0.1, 0.15) is 16.3 Å². The van der Waals surface area contributed by atoms with Crippen molar-refractivity contribution in [1.82, 2.24) is 15.6 Å². The number of rotatable bonds is 6. The molecule has 0 radical (unpaired) electrons. The second-order valence-electron chi connectivity index (χ2n) is 6.21. The topological polar surface area (TPSA) is 61.8 Å². The smallest absolute Gasteiger partial charge is 0.387 e. The van der Waals surface area contributed by atoms with Gasteiger partial charge in [0.15, 0.2) is 5.96 Å². The maximum Gasteiger partial charge on any atom is 0.387 e. The number of nitrogens with zero attached hydrogens (tertiary/aromatic N) is 3. The summed E-state index contributed by atoms with van der Waals surface area (Å²) in [5.74, 6) is 0.904. The van der Waals surface area contributed by atoms with Crippen molar-refractivity contribution >= 4 is 23.0 Å². The number of thiazole rings is 1. The monoisotopic (exact) mass is 395 g/mol. The van der Waals surface area contributed by atoms with Crippen molar-refractivity contribution in [1.29, 1.82) is 0 Å². The Kier molecular flexibility index (Phi) is 6.44. The fourth-order valence-electron chi connectivity index (χ4n) is 3.04. The third kappa shape index (κ3) is 5.29. The Hall–Kier alpha value is -2.42. The lowest BCUT2D eigenvalue weighted by Gasteiger charge is -2.22. The van der Waals surface area contributed by atoms with Gasteiger partial charge in [0.2, 0.25) is 0 Å². The van der Waals surface area contributed by atoms with Crippen molar-refractivity contribution in [2.24, 2.45) is 4.99 Å². The molecule has 1 aliphatic heterocycles. The molecule has 0 bridgehead atoms. The minimum absolute atomic E-state index is 0.161. The summed E-state index contributed by atoms with van der Waals surface area (Å²) in [5, 5.41) is 7.65. The highest BCUT2D eigenvalue weighted by molar-refractivity contribution is 7.11. The van der Waals surface area contributed by atoms with E-state index < -0.39 is 6.61 Å². The average molecular weight is 395 g/mol. The molecule has 1 aromatic carbocycles. The van der Waals surface area contributed by atoms with Gasteiger partial charge in [-0.3, -0.25) is 4.99 Å². The van der Waals surface area contributed by atoms with Crippen LogP contribution in [0.5, 0.6) is 5.75 Å². The van der Waals surface area contributed by atoms with Gasteiger partial charge in [-0.15, -0.1) is 11.3 Å². The molecule has 1 aliphatic rings. The number of halogens is 2. The number of hydrogen-bond acceptors (Lipinski definition) is 5. The van der Waals surface area contributed by atoms with E-state index >= 15 is 0 Å². The van der Waals surface area contributed by atoms with E-state index in [2.05, 4.69) is 25.3 Å². The Morgan fingerprint density at radius 3 is 2.96 bits per heavy atom. The molecule has 3 rings (SSSR count). The summed E-state index contributed by atoms with van der Waals surface area (Å²) in [6.45, 7) is 1.24. The zero-order chi connectivity index (χ0) is 19.2. The summed E-state index contributed by atoms with van der Waals surface area (Å²) < 4.78 is 29.9. The maximum atomic E-state index is 12.6. The van der Waals surface area contributed by atoms with E-state index in [9.17, 15) is 8.78 Å². The van der Waals surface area contributed by atoms with Crippen LogP contribution in [0.4, 0.5) is 14.5 Å². The average Bonchev–Trinajstić information content (AvgIpc) is 3.27. The van der Waals surface area contributed by atoms with Crippen molar-refractivity contribution in [3.63, 3.8) is 0 Å². The summed E-state index contributed by atoms with van der Waals surface area (Å²) in [5.41, 5.74) is 0.684. The molecule has 1 aromatic heterocycles. The number of aromatic nitrogens is 1. The Morgan fingerprint density at radius 1 is 1.44 bits per heavy atom. The third-order valence-corrected chi connectivity index (χ3v) is 5.16. The molecule has 1 atom stereocenters. The molecule has 6 nitrogen and oxygen atoms in total. The van der Waals surface area contributed by atoms with Crippen LogP contribution >= 0.6 is 11.3 Å². The molecule has 146 valence electrons. The third-order valence-electron chi connectivity index (χ3n) is 4.25. The Balaban J connectivity index is 1.56. The first kappa shape index (κ1) is 19.3. The lowest BCUT2D eigenvalue weighted by Crippen LogP contribution is -2.44. The van der Waals surface area contributed by atoms with Gasteiger partial charge in [-0.25, -0.2) is 4.98 Å². The van der Waals surface area contributed by atoms with E-state index in [-0.39, 0.29) is 11.8 Å². The molecule has 2 N–H and O–H groups in total. The van der Waals surface area contributed by atoms with Crippen molar-refractivity contribution in [3.05, 3.63) is 40.3 Å². The first-order valence-electron chi connectivity index (χ1n) is 8.72. The zero-order valence-corrected chi connectivity index (χ0v) is 16.1. The van der Waals surface area contributed by atoms with Crippen molar-refractivity contribution in [2.75, 3.05) is 25.0 Å². The summed E-state index contributed by atoms with van der Waals surface area (Å²) in [7, 11) is 1.72. The number of anilines is 1. The van der Waals surface area contributed by atoms with Crippen molar-refractivity contribution < 1.29 is 13.5 Å². The van der Waals surface area contributed by atoms with Crippen molar-refractivity contribution in [3.8, 4) is 5.75 Å². The number of ether oxygens (including phenoxy) is 1. The number of para-hydroxylation sites is 2. The second kappa shape index (κ2) is 8.98. The molecule has 27 heavy (non-hydrogen) atoms. The Morgan fingerprint density at radius 2 is 2.26 bits per heavy atom. The molecule has 2 heterocycles. The fraction of sp³-hybridized carbons (Fsp3) is 0.444. The van der Waals surface area contributed by atoms with Gasteiger partial charge in [-0.1, -0.05) is 12.1 Å². The molecule has 2 aromatic rings. The number of aliphatic imine (C=N–C) groups is 1. The highest BCUT2D eigenvalue weighted by Crippen LogP contribution is 2.31. The molecule has 1 fully saturated rings. The van der Waals surface area contributed by atoms with Crippen LogP contribution in [0.15, 0.2) is 35.5 Å². The Labute approximate surface area is 161 Å². The minimum Gasteiger partial charge on any atom is -0.433 e. The van der Waals surface area contributed by atoms with Gasteiger partial charge in [0.25, 0.3) is 0 Å². The van der Waals surface area contributed by atoms with E-state index in [4.69, 9.17) is 0 Å². The highest BCUT2D eigenvalue weighted by atomic mass is 32.1. The summed E-state index contributed by atoms with van der Waals surface area (Å²) >= 11 is 1.65. The number of benzene rings is 1. The van der Waals surface area contributed by atoms with Gasteiger partial charge in [-0.05, 0) is 25.5 Å². The van der Waals surface area contributed by atoms with Gasteiger partial charge >= 0.3 is 6.61 Å². The van der Waals surface area contributed by atoms with Crippen LogP contribution in [0.2, 0.25) is 0 Å². The van der Waals surface area contributed by atoms with E-state index in [1.54, 1.807) is 36.6 Å². The van der Waals surface area contributed by atoms with Crippen LogP contribution in [0, 0.1) is 6.92 Å².